The number of rotatable bonds is 1. The average Bonchev–Trinajstić information content (AvgIpc) is 2.92. The number of allylic oxidation sites excluding steroid dienone is 1. The summed E-state index contributed by atoms with van der Waals surface area (Å²) in [5.74, 6) is -2.43. The number of carbonyl (C=O) groups is 4. The zero-order valence-electron chi connectivity index (χ0n) is 23.6. The van der Waals surface area contributed by atoms with Crippen molar-refractivity contribution in [2.24, 2.45) is 11.8 Å². The Bertz CT molecular complexity index is 1070. The third kappa shape index (κ3) is 8.12. The SMILES string of the molecule is CC(C)[C@@H]1NC(=O)[C@H](C)C(O)CC/C=C/c2cccc(c2)[C@@H](C)NC(=O)[C@@H]2CCCN(N2)C(=O)[C@@H](C)NC1=O. The fourth-order valence-electron chi connectivity index (χ4n) is 4.79. The summed E-state index contributed by atoms with van der Waals surface area (Å²) in [6.45, 7) is 9.15. The Morgan fingerprint density at radius 1 is 0.923 bits per heavy atom. The Kier molecular flexibility index (Phi) is 10.7. The van der Waals surface area contributed by atoms with Crippen LogP contribution in [0.3, 0.4) is 0 Å². The minimum absolute atomic E-state index is 0.203. The highest BCUT2D eigenvalue weighted by atomic mass is 16.3. The highest BCUT2D eigenvalue weighted by Gasteiger charge is 2.34. The van der Waals surface area contributed by atoms with Gasteiger partial charge in [-0.1, -0.05) is 51.1 Å². The number of hydrogen-bond acceptors (Lipinski definition) is 6. The molecule has 0 aromatic heterocycles. The molecule has 0 saturated carbocycles. The summed E-state index contributed by atoms with van der Waals surface area (Å²) >= 11 is 0. The van der Waals surface area contributed by atoms with Gasteiger partial charge in [-0.05, 0) is 62.6 Å². The van der Waals surface area contributed by atoms with Crippen molar-refractivity contribution in [2.45, 2.75) is 90.6 Å². The van der Waals surface area contributed by atoms with Gasteiger partial charge in [0.05, 0.1) is 18.1 Å². The van der Waals surface area contributed by atoms with E-state index in [1.807, 2.05) is 43.3 Å². The van der Waals surface area contributed by atoms with Gasteiger partial charge in [-0.25, -0.2) is 5.43 Å². The van der Waals surface area contributed by atoms with E-state index in [9.17, 15) is 24.3 Å². The topological polar surface area (TPSA) is 140 Å². The van der Waals surface area contributed by atoms with Crippen LogP contribution in [0.5, 0.6) is 0 Å². The molecule has 10 heteroatoms. The second-order valence-electron chi connectivity index (χ2n) is 11.0. The Balaban J connectivity index is 1.85. The highest BCUT2D eigenvalue weighted by molar-refractivity contribution is 5.92. The molecule has 0 aliphatic carbocycles. The van der Waals surface area contributed by atoms with Crippen LogP contribution in [0.2, 0.25) is 0 Å². The molecule has 1 aromatic rings. The Morgan fingerprint density at radius 2 is 1.64 bits per heavy atom. The molecule has 0 radical (unpaired) electrons. The van der Waals surface area contributed by atoms with Crippen LogP contribution in [-0.4, -0.2) is 64.5 Å². The third-order valence-corrected chi connectivity index (χ3v) is 7.44. The number of aliphatic hydroxyl groups excluding tert-OH is 1. The number of hydrogen-bond donors (Lipinski definition) is 5. The van der Waals surface area contributed by atoms with E-state index in [1.165, 1.54) is 5.01 Å². The molecule has 214 valence electrons. The molecule has 2 heterocycles. The van der Waals surface area contributed by atoms with Crippen molar-refractivity contribution in [3.63, 3.8) is 0 Å². The molecule has 4 amide bonds. The predicted octanol–water partition coefficient (Wildman–Crippen LogP) is 1.81. The first-order chi connectivity index (χ1) is 18.5. The van der Waals surface area contributed by atoms with Crippen LogP contribution in [0.4, 0.5) is 0 Å². The molecule has 1 fully saturated rings. The van der Waals surface area contributed by atoms with Gasteiger partial charge < -0.3 is 21.1 Å². The minimum Gasteiger partial charge on any atom is -0.392 e. The van der Waals surface area contributed by atoms with Crippen molar-refractivity contribution in [1.82, 2.24) is 26.4 Å². The van der Waals surface area contributed by atoms with Crippen molar-refractivity contribution in [3.05, 3.63) is 41.5 Å². The summed E-state index contributed by atoms with van der Waals surface area (Å²) in [5.41, 5.74) is 4.93. The lowest BCUT2D eigenvalue weighted by Crippen LogP contribution is -2.62. The van der Waals surface area contributed by atoms with Crippen LogP contribution >= 0.6 is 0 Å². The van der Waals surface area contributed by atoms with Crippen LogP contribution in [0.1, 0.15) is 77.5 Å². The number of amides is 4. The average molecular weight is 542 g/mol. The molecule has 39 heavy (non-hydrogen) atoms. The molecule has 1 unspecified atom stereocenters. The number of nitrogens with one attached hydrogen (secondary N) is 4. The predicted molar refractivity (Wildman–Crippen MR) is 149 cm³/mol. The van der Waals surface area contributed by atoms with E-state index in [0.717, 1.165) is 11.1 Å². The summed E-state index contributed by atoms with van der Waals surface area (Å²) < 4.78 is 0. The fraction of sp³-hybridized carbons (Fsp3) is 0.586. The molecule has 4 bridgehead atoms. The maximum atomic E-state index is 13.2. The van der Waals surface area contributed by atoms with E-state index in [1.54, 1.807) is 27.7 Å². The van der Waals surface area contributed by atoms with E-state index in [2.05, 4.69) is 21.4 Å². The summed E-state index contributed by atoms with van der Waals surface area (Å²) in [6.07, 6.45) is 5.18. The van der Waals surface area contributed by atoms with Gasteiger partial charge >= 0.3 is 0 Å². The first kappa shape index (κ1) is 30.3. The van der Waals surface area contributed by atoms with Crippen molar-refractivity contribution in [2.75, 3.05) is 6.54 Å². The quantitative estimate of drug-likeness (QED) is 0.367. The molecule has 1 saturated heterocycles. The monoisotopic (exact) mass is 541 g/mol. The maximum absolute atomic E-state index is 13.2. The van der Waals surface area contributed by atoms with Crippen molar-refractivity contribution < 1.29 is 24.3 Å². The third-order valence-electron chi connectivity index (χ3n) is 7.44. The first-order valence-electron chi connectivity index (χ1n) is 13.9. The number of hydrazine groups is 1. The molecular formula is C29H43N5O5. The standard InChI is InChI=1S/C29H43N5O5/c1-17(2)25-28(38)31-20(5)29(39)34-15-9-13-23(33-34)27(37)30-19(4)22-12-8-11-21(16-22)10-6-7-14-24(35)18(3)26(36)32-25/h6,8,10-12,16-20,23-25,33,35H,7,9,13-15H2,1-5H3,(H,30,37)(H,31,38)(H,32,36)/b10-6+/t18-,19-,20-,23+,24?,25+/m1/s1. The van der Waals surface area contributed by atoms with Gasteiger partial charge in [0.15, 0.2) is 0 Å². The van der Waals surface area contributed by atoms with E-state index < -0.39 is 42.0 Å². The van der Waals surface area contributed by atoms with Gasteiger partial charge in [-0.3, -0.25) is 24.2 Å². The Hall–Kier alpha value is -3.24. The summed E-state index contributed by atoms with van der Waals surface area (Å²) in [7, 11) is 0. The van der Waals surface area contributed by atoms with Crippen LogP contribution < -0.4 is 21.4 Å². The Labute approximate surface area is 230 Å². The van der Waals surface area contributed by atoms with Gasteiger partial charge in [0.25, 0.3) is 5.91 Å². The number of carbonyl (C=O) groups excluding carboxylic acids is 4. The van der Waals surface area contributed by atoms with Crippen molar-refractivity contribution in [3.8, 4) is 0 Å². The van der Waals surface area contributed by atoms with Gasteiger partial charge in [0.1, 0.15) is 18.1 Å². The lowest BCUT2D eigenvalue weighted by atomic mass is 9.96. The lowest BCUT2D eigenvalue weighted by molar-refractivity contribution is -0.143. The number of fused-ring (bicyclic) bond motifs is 4. The molecule has 2 aliphatic rings. The van der Waals surface area contributed by atoms with Crippen molar-refractivity contribution >= 4 is 29.7 Å². The Morgan fingerprint density at radius 3 is 2.36 bits per heavy atom. The van der Waals surface area contributed by atoms with Gasteiger partial charge in [-0.2, -0.15) is 0 Å². The minimum atomic E-state index is -0.886. The molecule has 1 aromatic carbocycles. The van der Waals surface area contributed by atoms with E-state index >= 15 is 0 Å². The smallest absolute Gasteiger partial charge is 0.258 e. The van der Waals surface area contributed by atoms with Crippen LogP contribution in [-0.2, 0) is 19.2 Å². The molecule has 3 rings (SSSR count). The molecule has 5 N–H and O–H groups in total. The van der Waals surface area contributed by atoms with Crippen LogP contribution in [0.25, 0.3) is 6.08 Å². The number of aliphatic hydroxyl groups is 1. The second-order valence-corrected chi connectivity index (χ2v) is 11.0. The molecule has 6 atom stereocenters. The summed E-state index contributed by atoms with van der Waals surface area (Å²) in [6, 6.07) is 5.26. The number of benzene rings is 1. The lowest BCUT2D eigenvalue weighted by Gasteiger charge is -2.35. The summed E-state index contributed by atoms with van der Waals surface area (Å²) in [4.78, 5) is 52.2. The molecule has 0 spiro atoms. The molecular weight excluding hydrogens is 498 g/mol. The molecule has 10 nitrogen and oxygen atoms in total. The van der Waals surface area contributed by atoms with Gasteiger partial charge in [0, 0.05) is 6.54 Å². The zero-order valence-corrected chi connectivity index (χ0v) is 23.6. The number of nitrogens with zero attached hydrogens (tertiary/aromatic N) is 1. The largest absolute Gasteiger partial charge is 0.392 e. The van der Waals surface area contributed by atoms with Crippen molar-refractivity contribution in [1.29, 1.82) is 0 Å². The first-order valence-corrected chi connectivity index (χ1v) is 13.9. The fourth-order valence-corrected chi connectivity index (χ4v) is 4.79. The van der Waals surface area contributed by atoms with Crippen LogP contribution in [0, 0.1) is 11.8 Å². The van der Waals surface area contributed by atoms with E-state index in [4.69, 9.17) is 0 Å². The van der Waals surface area contributed by atoms with Gasteiger partial charge in [0.2, 0.25) is 17.7 Å². The summed E-state index contributed by atoms with van der Waals surface area (Å²) in [5, 5.41) is 20.5. The highest BCUT2D eigenvalue weighted by Crippen LogP contribution is 2.18. The van der Waals surface area contributed by atoms with E-state index in [0.29, 0.717) is 32.2 Å². The van der Waals surface area contributed by atoms with Gasteiger partial charge in [-0.15, -0.1) is 0 Å². The normalized spacial score (nSPS) is 30.9. The molecule has 2 aliphatic heterocycles. The van der Waals surface area contributed by atoms with Crippen LogP contribution in [0.15, 0.2) is 30.3 Å². The maximum Gasteiger partial charge on any atom is 0.258 e. The second kappa shape index (κ2) is 13.7. The zero-order chi connectivity index (χ0) is 28.7. The van der Waals surface area contributed by atoms with E-state index in [-0.39, 0.29) is 23.8 Å².